The van der Waals surface area contributed by atoms with E-state index in [4.69, 9.17) is 33.2 Å². The zero-order valence-corrected chi connectivity index (χ0v) is 12.5. The highest BCUT2D eigenvalue weighted by molar-refractivity contribution is 6.36. The van der Waals surface area contributed by atoms with Gasteiger partial charge in [-0.2, -0.15) is 10.2 Å². The average Bonchev–Trinajstić information content (AvgIpc) is 2.44. The van der Waals surface area contributed by atoms with Crippen LogP contribution in [0.2, 0.25) is 10.0 Å². The Kier molecular flexibility index (Phi) is 4.84. The molecule has 1 N–H and O–H groups in total. The number of nitrogens with zero attached hydrogens (tertiary/aromatic N) is 2. The maximum Gasteiger partial charge on any atom is 0.240 e. The number of rotatable bonds is 4. The summed E-state index contributed by atoms with van der Waals surface area (Å²) in [5, 5.41) is 12.4. The number of aromatic nitrogens is 1. The van der Waals surface area contributed by atoms with E-state index < -0.39 is 5.82 Å². The van der Waals surface area contributed by atoms with Crippen molar-refractivity contribution in [2.24, 2.45) is 0 Å². The normalized spacial score (nSPS) is 10.0. The fourth-order valence-corrected chi connectivity index (χ4v) is 2.08. The van der Waals surface area contributed by atoms with Crippen molar-refractivity contribution in [3.63, 3.8) is 0 Å². The molecule has 0 spiro atoms. The molecule has 0 radical (unpaired) electrons. The van der Waals surface area contributed by atoms with Crippen LogP contribution in [0, 0.1) is 17.1 Å². The summed E-state index contributed by atoms with van der Waals surface area (Å²) in [4.78, 5) is 4.13. The zero-order valence-electron chi connectivity index (χ0n) is 11.0. The second-order valence-corrected chi connectivity index (χ2v) is 4.78. The highest BCUT2D eigenvalue weighted by Gasteiger charge is 2.15. The summed E-state index contributed by atoms with van der Waals surface area (Å²) in [6, 6.07) is 7.27. The molecule has 0 saturated carbocycles. The lowest BCUT2D eigenvalue weighted by atomic mass is 10.2. The van der Waals surface area contributed by atoms with Crippen molar-refractivity contribution in [2.75, 3.05) is 11.9 Å². The molecule has 0 aliphatic rings. The van der Waals surface area contributed by atoms with Gasteiger partial charge in [-0.1, -0.05) is 29.3 Å². The summed E-state index contributed by atoms with van der Waals surface area (Å²) in [7, 11) is 0. The fourth-order valence-electron chi connectivity index (χ4n) is 1.61. The van der Waals surface area contributed by atoms with Crippen LogP contribution in [0.25, 0.3) is 0 Å². The van der Waals surface area contributed by atoms with Gasteiger partial charge in [-0.3, -0.25) is 0 Å². The Morgan fingerprint density at radius 3 is 2.81 bits per heavy atom. The predicted octanol–water partition coefficient (Wildman–Crippen LogP) is 4.62. The highest BCUT2D eigenvalue weighted by Crippen LogP contribution is 2.34. The predicted molar refractivity (Wildman–Crippen MR) is 79.6 cm³/mol. The van der Waals surface area contributed by atoms with E-state index in [0.717, 1.165) is 0 Å². The van der Waals surface area contributed by atoms with Crippen LogP contribution in [-0.2, 0) is 0 Å². The van der Waals surface area contributed by atoms with Gasteiger partial charge in [-0.15, -0.1) is 0 Å². The molecule has 1 aromatic carbocycles. The van der Waals surface area contributed by atoms with E-state index in [-0.39, 0.29) is 22.2 Å². The number of anilines is 1. The van der Waals surface area contributed by atoms with E-state index >= 15 is 0 Å². The molecule has 0 aliphatic heterocycles. The first-order valence-corrected chi connectivity index (χ1v) is 6.78. The Hall–Kier alpha value is -2.03. The number of ether oxygens (including phenoxy) is 1. The van der Waals surface area contributed by atoms with E-state index in [1.165, 1.54) is 24.3 Å². The molecule has 7 heteroatoms. The highest BCUT2D eigenvalue weighted by atomic mass is 35.5. The minimum atomic E-state index is -0.674. The van der Waals surface area contributed by atoms with E-state index in [0.29, 0.717) is 17.4 Å². The molecule has 108 valence electrons. The van der Waals surface area contributed by atoms with Gasteiger partial charge in [-0.25, -0.2) is 4.39 Å². The first kappa shape index (κ1) is 15.4. The summed E-state index contributed by atoms with van der Waals surface area (Å²) in [6.07, 6.45) is 0. The fraction of sp³-hybridized carbons (Fsp3) is 0.143. The van der Waals surface area contributed by atoms with Gasteiger partial charge in [-0.05, 0) is 25.1 Å². The van der Waals surface area contributed by atoms with Gasteiger partial charge in [0.1, 0.15) is 34.0 Å². The third-order valence-corrected chi connectivity index (χ3v) is 3.09. The quantitative estimate of drug-likeness (QED) is 0.890. The molecule has 0 atom stereocenters. The largest absolute Gasteiger partial charge is 0.436 e. The Morgan fingerprint density at radius 2 is 2.14 bits per heavy atom. The molecule has 4 nitrogen and oxygen atoms in total. The van der Waals surface area contributed by atoms with Crippen LogP contribution >= 0.6 is 23.2 Å². The summed E-state index contributed by atoms with van der Waals surface area (Å²) in [5.74, 6) is -0.198. The molecule has 1 heterocycles. The van der Waals surface area contributed by atoms with Crippen LogP contribution in [0.4, 0.5) is 10.2 Å². The van der Waals surface area contributed by atoms with E-state index in [1.807, 2.05) is 6.92 Å². The van der Waals surface area contributed by atoms with Gasteiger partial charge in [0, 0.05) is 6.54 Å². The number of hydrogen-bond acceptors (Lipinski definition) is 4. The van der Waals surface area contributed by atoms with Gasteiger partial charge in [0.2, 0.25) is 5.88 Å². The first-order chi connectivity index (χ1) is 10.1. The second-order valence-electron chi connectivity index (χ2n) is 3.96. The first-order valence-electron chi connectivity index (χ1n) is 6.03. The van der Waals surface area contributed by atoms with Crippen molar-refractivity contribution >= 4 is 29.0 Å². The zero-order chi connectivity index (χ0) is 15.4. The SMILES string of the molecule is CCNc1nc(Oc2cccc(F)c2C#N)c(Cl)cc1Cl. The van der Waals surface area contributed by atoms with Crippen LogP contribution in [-0.4, -0.2) is 11.5 Å². The average molecular weight is 326 g/mol. The van der Waals surface area contributed by atoms with Crippen molar-refractivity contribution < 1.29 is 9.13 Å². The molecule has 0 amide bonds. The summed E-state index contributed by atoms with van der Waals surface area (Å²) in [5.41, 5.74) is -0.213. The number of halogens is 3. The monoisotopic (exact) mass is 325 g/mol. The van der Waals surface area contributed by atoms with Gasteiger partial charge in [0.05, 0.1) is 5.02 Å². The number of nitriles is 1. The van der Waals surface area contributed by atoms with E-state index in [1.54, 1.807) is 6.07 Å². The lowest BCUT2D eigenvalue weighted by molar-refractivity contribution is 0.457. The lowest BCUT2D eigenvalue weighted by Crippen LogP contribution is -2.02. The van der Waals surface area contributed by atoms with Crippen molar-refractivity contribution in [3.05, 3.63) is 45.7 Å². The third kappa shape index (κ3) is 3.35. The third-order valence-electron chi connectivity index (χ3n) is 2.54. The number of nitrogens with one attached hydrogen (secondary N) is 1. The second kappa shape index (κ2) is 6.61. The molecule has 1 aromatic heterocycles. The van der Waals surface area contributed by atoms with E-state index in [2.05, 4.69) is 10.3 Å². The van der Waals surface area contributed by atoms with Gasteiger partial charge >= 0.3 is 0 Å². The molecule has 0 saturated heterocycles. The molecule has 0 aliphatic carbocycles. The minimum absolute atomic E-state index is 0.0386. The maximum atomic E-state index is 13.5. The van der Waals surface area contributed by atoms with Crippen LogP contribution in [0.1, 0.15) is 12.5 Å². The van der Waals surface area contributed by atoms with E-state index in [9.17, 15) is 4.39 Å². The topological polar surface area (TPSA) is 57.9 Å². The van der Waals surface area contributed by atoms with Crippen molar-refractivity contribution in [1.29, 1.82) is 5.26 Å². The minimum Gasteiger partial charge on any atom is -0.436 e. The molecular formula is C14H10Cl2FN3O. The molecular weight excluding hydrogens is 316 g/mol. The van der Waals surface area contributed by atoms with Crippen LogP contribution in [0.3, 0.4) is 0 Å². The standard InChI is InChI=1S/C14H10Cl2FN3O/c1-2-19-13-9(15)6-10(16)14(20-13)21-12-5-3-4-11(17)8(12)7-18/h3-6H,2H2,1H3,(H,19,20). The molecule has 0 fully saturated rings. The number of hydrogen-bond donors (Lipinski definition) is 1. The Morgan fingerprint density at radius 1 is 1.38 bits per heavy atom. The van der Waals surface area contributed by atoms with Crippen molar-refractivity contribution in [3.8, 4) is 17.7 Å². The van der Waals surface area contributed by atoms with Crippen LogP contribution in [0.15, 0.2) is 24.3 Å². The molecule has 2 aromatic rings. The molecule has 21 heavy (non-hydrogen) atoms. The summed E-state index contributed by atoms with van der Waals surface area (Å²) >= 11 is 12.0. The van der Waals surface area contributed by atoms with Crippen LogP contribution < -0.4 is 10.1 Å². The molecule has 2 rings (SSSR count). The Bertz CT molecular complexity index is 716. The number of pyridine rings is 1. The van der Waals surface area contributed by atoms with Crippen molar-refractivity contribution in [2.45, 2.75) is 6.92 Å². The smallest absolute Gasteiger partial charge is 0.240 e. The van der Waals surface area contributed by atoms with Crippen LogP contribution in [0.5, 0.6) is 11.6 Å². The Balaban J connectivity index is 2.43. The summed E-state index contributed by atoms with van der Waals surface area (Å²) < 4.78 is 19.0. The number of benzene rings is 1. The maximum absolute atomic E-state index is 13.5. The van der Waals surface area contributed by atoms with Gasteiger partial charge < -0.3 is 10.1 Å². The molecule has 0 unspecified atom stereocenters. The summed E-state index contributed by atoms with van der Waals surface area (Å²) in [6.45, 7) is 2.49. The Labute approximate surface area is 131 Å². The van der Waals surface area contributed by atoms with Crippen molar-refractivity contribution in [1.82, 2.24) is 4.98 Å². The lowest BCUT2D eigenvalue weighted by Gasteiger charge is -2.11. The van der Waals surface area contributed by atoms with Gasteiger partial charge in [0.15, 0.2) is 0 Å². The molecule has 0 bridgehead atoms. The van der Waals surface area contributed by atoms with Gasteiger partial charge in [0.25, 0.3) is 0 Å².